The second kappa shape index (κ2) is 9.57. The summed E-state index contributed by atoms with van der Waals surface area (Å²) < 4.78 is 65.2. The lowest BCUT2D eigenvalue weighted by atomic mass is 10.0. The third-order valence-corrected chi connectivity index (χ3v) is 10.8. The molecule has 0 radical (unpaired) electrons. The fourth-order valence-electron chi connectivity index (χ4n) is 3.33. The number of benzene rings is 2. The molecule has 0 amide bonds. The number of aryl methyl sites for hydroxylation is 1. The third-order valence-electron chi connectivity index (χ3n) is 6.22. The highest BCUT2D eigenvalue weighted by Gasteiger charge is 2.36. The van der Waals surface area contributed by atoms with E-state index in [4.69, 9.17) is 14.9 Å². The first-order valence-corrected chi connectivity index (χ1v) is 14.0. The van der Waals surface area contributed by atoms with Gasteiger partial charge in [0.15, 0.2) is 32.3 Å². The summed E-state index contributed by atoms with van der Waals surface area (Å²) in [5, 5.41) is 5.24. The Morgan fingerprint density at radius 3 is 2.44 bits per heavy atom. The van der Waals surface area contributed by atoms with Gasteiger partial charge in [-0.3, -0.25) is 4.68 Å². The van der Waals surface area contributed by atoms with Crippen molar-refractivity contribution in [2.75, 3.05) is 18.9 Å². The number of anilines is 1. The van der Waals surface area contributed by atoms with E-state index in [0.717, 1.165) is 6.07 Å². The smallest absolute Gasteiger partial charge is 0.422 e. The minimum Gasteiger partial charge on any atom is -0.480 e. The summed E-state index contributed by atoms with van der Waals surface area (Å²) in [6.45, 7) is 10.5. The highest BCUT2D eigenvalue weighted by atomic mass is 28.4. The van der Waals surface area contributed by atoms with Crippen LogP contribution in [0.5, 0.6) is 5.75 Å². The molecule has 10 heteroatoms. The van der Waals surface area contributed by atoms with Crippen molar-refractivity contribution < 1.29 is 26.7 Å². The van der Waals surface area contributed by atoms with Gasteiger partial charge in [0.05, 0.1) is 5.52 Å². The molecule has 5 nitrogen and oxygen atoms in total. The van der Waals surface area contributed by atoms with E-state index in [1.165, 1.54) is 12.1 Å². The topological polar surface area (TPSA) is 62.3 Å². The van der Waals surface area contributed by atoms with Gasteiger partial charge in [0.25, 0.3) is 0 Å². The number of hydrogen-bond donors (Lipinski definition) is 1. The predicted octanol–water partition coefficient (Wildman–Crippen LogP) is 6.78. The van der Waals surface area contributed by atoms with Crippen molar-refractivity contribution in [2.24, 2.45) is 0 Å². The van der Waals surface area contributed by atoms with Gasteiger partial charge in [-0.05, 0) is 48.3 Å². The van der Waals surface area contributed by atoms with Crippen molar-refractivity contribution in [3.05, 3.63) is 42.2 Å². The number of hydrogen-bond acceptors (Lipinski definition) is 4. The van der Waals surface area contributed by atoms with Crippen LogP contribution in [-0.2, 0) is 11.0 Å². The predicted molar refractivity (Wildman–Crippen MR) is 129 cm³/mol. The largest absolute Gasteiger partial charge is 0.480 e. The van der Waals surface area contributed by atoms with Gasteiger partial charge >= 0.3 is 6.18 Å². The number of nitrogens with two attached hydrogens (primary N) is 1. The molecule has 34 heavy (non-hydrogen) atoms. The molecule has 2 N–H and O–H groups in total. The maximum Gasteiger partial charge on any atom is 0.422 e. The number of nitrogens with zero attached hydrogens (tertiary/aromatic N) is 2. The second-order valence-electron chi connectivity index (χ2n) is 9.82. The number of nitrogen functional groups attached to an aromatic ring is 1. The van der Waals surface area contributed by atoms with Gasteiger partial charge in [-0.1, -0.05) is 39.0 Å². The van der Waals surface area contributed by atoms with Crippen LogP contribution < -0.4 is 10.5 Å². The van der Waals surface area contributed by atoms with Crippen LogP contribution in [0.3, 0.4) is 0 Å². The number of halogens is 4. The molecule has 3 rings (SSSR count). The van der Waals surface area contributed by atoms with E-state index in [0.29, 0.717) is 41.9 Å². The van der Waals surface area contributed by atoms with Crippen LogP contribution >= 0.6 is 0 Å². The first-order chi connectivity index (χ1) is 15.7. The SMILES string of the molecule is CC(C)(C)[Si](C)(C)OCCCn1nc(N)c2ccc(-c3cccc(F)c3OCC(F)(F)F)cc21. The zero-order chi connectivity index (χ0) is 25.3. The number of aromatic nitrogens is 2. The molecule has 1 heterocycles. The fourth-order valence-corrected chi connectivity index (χ4v) is 4.42. The van der Waals surface area contributed by atoms with Crippen LogP contribution in [0.25, 0.3) is 22.0 Å². The quantitative estimate of drug-likeness (QED) is 0.212. The average Bonchev–Trinajstić information content (AvgIpc) is 3.03. The molecule has 0 aliphatic carbocycles. The Morgan fingerprint density at radius 1 is 1.09 bits per heavy atom. The zero-order valence-corrected chi connectivity index (χ0v) is 21.1. The first kappa shape index (κ1) is 26.0. The Labute approximate surface area is 198 Å². The monoisotopic (exact) mass is 497 g/mol. The van der Waals surface area contributed by atoms with Gasteiger partial charge in [0, 0.05) is 24.1 Å². The summed E-state index contributed by atoms with van der Waals surface area (Å²) in [7, 11) is -1.86. The Morgan fingerprint density at radius 2 is 1.79 bits per heavy atom. The summed E-state index contributed by atoms with van der Waals surface area (Å²) in [5.74, 6) is -0.960. The molecule has 2 aromatic carbocycles. The van der Waals surface area contributed by atoms with Gasteiger partial charge in [-0.25, -0.2) is 4.39 Å². The maximum absolute atomic E-state index is 14.4. The van der Waals surface area contributed by atoms with Crippen molar-refractivity contribution in [1.29, 1.82) is 0 Å². The molecule has 0 saturated carbocycles. The molecule has 1 aromatic heterocycles. The number of rotatable bonds is 8. The number of alkyl halides is 3. The van der Waals surface area contributed by atoms with E-state index >= 15 is 0 Å². The van der Waals surface area contributed by atoms with Crippen molar-refractivity contribution >= 4 is 25.0 Å². The Bertz CT molecular complexity index is 1150. The van der Waals surface area contributed by atoms with Gasteiger partial charge in [-0.15, -0.1) is 0 Å². The lowest BCUT2D eigenvalue weighted by Crippen LogP contribution is -2.41. The second-order valence-corrected chi connectivity index (χ2v) is 14.6. The van der Waals surface area contributed by atoms with Crippen LogP contribution in [0.4, 0.5) is 23.4 Å². The Balaban J connectivity index is 1.85. The van der Waals surface area contributed by atoms with Gasteiger partial charge in [0.1, 0.15) is 0 Å². The summed E-state index contributed by atoms with van der Waals surface area (Å²) in [5.41, 5.74) is 7.51. The van der Waals surface area contributed by atoms with Crippen molar-refractivity contribution in [1.82, 2.24) is 9.78 Å². The minimum absolute atomic E-state index is 0.113. The molecule has 0 atom stereocenters. The van der Waals surface area contributed by atoms with Crippen molar-refractivity contribution in [3.63, 3.8) is 0 Å². The third kappa shape index (κ3) is 5.90. The van der Waals surface area contributed by atoms with Crippen LogP contribution in [0, 0.1) is 5.82 Å². The molecule has 0 aliphatic rings. The summed E-state index contributed by atoms with van der Waals surface area (Å²) in [4.78, 5) is 0. The molecule has 0 aliphatic heterocycles. The molecular weight excluding hydrogens is 466 g/mol. The zero-order valence-electron chi connectivity index (χ0n) is 20.1. The van der Waals surface area contributed by atoms with E-state index in [9.17, 15) is 17.6 Å². The highest BCUT2D eigenvalue weighted by Crippen LogP contribution is 2.37. The molecular formula is C24H31F4N3O2Si. The van der Waals surface area contributed by atoms with Crippen LogP contribution in [0.2, 0.25) is 18.1 Å². The average molecular weight is 498 g/mol. The minimum atomic E-state index is -4.58. The molecule has 0 saturated heterocycles. The maximum atomic E-state index is 14.4. The standard InChI is InChI=1S/C24H31F4N3O2Si/c1-23(2,3)34(4,5)33-13-7-12-31-20-14-16(10-11-18(20)22(29)30-31)17-8-6-9-19(25)21(17)32-15-24(26,27)28/h6,8-11,14H,7,12-13,15H2,1-5H3,(H2,29,30). The fraction of sp³-hybridized carbons (Fsp3) is 0.458. The van der Waals surface area contributed by atoms with Crippen LogP contribution in [-0.4, -0.2) is 37.5 Å². The number of ether oxygens (including phenoxy) is 1. The van der Waals surface area contributed by atoms with E-state index in [-0.39, 0.29) is 10.6 Å². The summed E-state index contributed by atoms with van der Waals surface area (Å²) >= 11 is 0. The summed E-state index contributed by atoms with van der Waals surface area (Å²) in [6, 6.07) is 9.15. The van der Waals surface area contributed by atoms with Crippen LogP contribution in [0.15, 0.2) is 36.4 Å². The van der Waals surface area contributed by atoms with E-state index in [1.54, 1.807) is 22.9 Å². The molecule has 186 valence electrons. The number of para-hydroxylation sites is 1. The molecule has 0 fully saturated rings. The van der Waals surface area contributed by atoms with E-state index in [2.05, 4.69) is 39.0 Å². The Hall–Kier alpha value is -2.59. The lowest BCUT2D eigenvalue weighted by Gasteiger charge is -2.36. The van der Waals surface area contributed by atoms with Crippen molar-refractivity contribution in [3.8, 4) is 16.9 Å². The van der Waals surface area contributed by atoms with Gasteiger partial charge in [0.2, 0.25) is 0 Å². The van der Waals surface area contributed by atoms with E-state index < -0.39 is 32.7 Å². The number of fused-ring (bicyclic) bond motifs is 1. The normalized spacial score (nSPS) is 13.0. The summed E-state index contributed by atoms with van der Waals surface area (Å²) in [6.07, 6.45) is -3.87. The molecule has 3 aromatic rings. The first-order valence-electron chi connectivity index (χ1n) is 11.1. The Kier molecular flexibility index (Phi) is 7.33. The van der Waals surface area contributed by atoms with Crippen LogP contribution in [0.1, 0.15) is 27.2 Å². The molecule has 0 spiro atoms. The highest BCUT2D eigenvalue weighted by molar-refractivity contribution is 6.74. The lowest BCUT2D eigenvalue weighted by molar-refractivity contribution is -0.153. The van der Waals surface area contributed by atoms with E-state index in [1.807, 2.05) is 0 Å². The van der Waals surface area contributed by atoms with Gasteiger partial charge < -0.3 is 14.9 Å². The molecule has 0 unspecified atom stereocenters. The molecule has 0 bridgehead atoms. The van der Waals surface area contributed by atoms with Crippen molar-refractivity contribution in [2.45, 2.75) is 58.0 Å². The van der Waals surface area contributed by atoms with Gasteiger partial charge in [-0.2, -0.15) is 18.3 Å².